The molecule has 25 heavy (non-hydrogen) atoms. The summed E-state index contributed by atoms with van der Waals surface area (Å²) in [5.41, 5.74) is 11.1. The number of amides is 2. The van der Waals surface area contributed by atoms with Crippen LogP contribution in [0.2, 0.25) is 0 Å². The average molecular weight is 372 g/mol. The van der Waals surface area contributed by atoms with E-state index in [0.29, 0.717) is 24.6 Å². The van der Waals surface area contributed by atoms with E-state index < -0.39 is 18.0 Å². The molecule has 2 heterocycles. The first-order valence-corrected chi connectivity index (χ1v) is 9.95. The highest BCUT2D eigenvalue weighted by atomic mass is 32.2. The summed E-state index contributed by atoms with van der Waals surface area (Å²) >= 11 is 1.85. The van der Waals surface area contributed by atoms with Gasteiger partial charge in [0.05, 0.1) is 12.1 Å². The van der Waals surface area contributed by atoms with Crippen LogP contribution in [0.15, 0.2) is 0 Å². The maximum absolute atomic E-state index is 11.7. The molecule has 0 aromatic carbocycles. The summed E-state index contributed by atoms with van der Waals surface area (Å²) in [5.74, 6) is -0.254. The molecule has 0 bridgehead atoms. The van der Waals surface area contributed by atoms with Crippen molar-refractivity contribution in [2.24, 2.45) is 11.5 Å². The molecule has 0 radical (unpaired) electrons. The predicted molar refractivity (Wildman–Crippen MR) is 95.9 cm³/mol. The standard InChI is InChI=1S/C16H28N4O4S/c17-8-4-3-5-10(18)15(22)24-13(21)7-2-1-6-12-14-11(9-25-12)19-16(23)20-14/h10-12,14H,1-9,17-18H2,(H2,19,20,23)/t10-,11-,12-,14-/m0/s1. The molecular weight excluding hydrogens is 344 g/mol. The molecule has 2 amide bonds. The second kappa shape index (κ2) is 9.98. The van der Waals surface area contributed by atoms with Crippen LogP contribution in [0, 0.1) is 0 Å². The minimum Gasteiger partial charge on any atom is -0.392 e. The number of rotatable bonds is 10. The quantitative estimate of drug-likeness (QED) is 0.187. The Bertz CT molecular complexity index is 491. The van der Waals surface area contributed by atoms with Gasteiger partial charge < -0.3 is 26.8 Å². The molecule has 0 aromatic heterocycles. The van der Waals surface area contributed by atoms with Crippen LogP contribution in [0.5, 0.6) is 0 Å². The summed E-state index contributed by atoms with van der Waals surface area (Å²) in [6, 6.07) is -0.464. The molecule has 6 N–H and O–H groups in total. The number of hydrogen-bond donors (Lipinski definition) is 4. The number of nitrogens with two attached hydrogens (primary N) is 2. The lowest BCUT2D eigenvalue weighted by atomic mass is 10.0. The Morgan fingerprint density at radius 2 is 2.04 bits per heavy atom. The average Bonchev–Trinajstić information content (AvgIpc) is 3.11. The van der Waals surface area contributed by atoms with Gasteiger partial charge in [-0.05, 0) is 32.2 Å². The second-order valence-electron chi connectivity index (χ2n) is 6.55. The van der Waals surface area contributed by atoms with Crippen LogP contribution >= 0.6 is 11.8 Å². The minimum atomic E-state index is -0.763. The van der Waals surface area contributed by atoms with Gasteiger partial charge in [-0.1, -0.05) is 12.8 Å². The topological polar surface area (TPSA) is 137 Å². The molecule has 142 valence electrons. The van der Waals surface area contributed by atoms with Crippen molar-refractivity contribution in [2.45, 2.75) is 68.3 Å². The fraction of sp³-hybridized carbons (Fsp3) is 0.812. The third kappa shape index (κ3) is 6.16. The van der Waals surface area contributed by atoms with Gasteiger partial charge in [0.25, 0.3) is 0 Å². The van der Waals surface area contributed by atoms with E-state index in [-0.39, 0.29) is 24.5 Å². The van der Waals surface area contributed by atoms with E-state index in [2.05, 4.69) is 10.6 Å². The van der Waals surface area contributed by atoms with Gasteiger partial charge in [-0.2, -0.15) is 11.8 Å². The Balaban J connectivity index is 1.56. The van der Waals surface area contributed by atoms with E-state index >= 15 is 0 Å². The van der Waals surface area contributed by atoms with Gasteiger partial charge in [-0.15, -0.1) is 0 Å². The molecule has 0 aliphatic carbocycles. The van der Waals surface area contributed by atoms with Crippen molar-refractivity contribution in [1.29, 1.82) is 0 Å². The normalized spacial score (nSPS) is 25.8. The molecule has 0 aromatic rings. The number of unbranched alkanes of at least 4 members (excludes halogenated alkanes) is 2. The maximum atomic E-state index is 11.7. The lowest BCUT2D eigenvalue weighted by Gasteiger charge is -2.16. The SMILES string of the molecule is NCCCC[C@H](N)C(=O)OC(=O)CCCC[C@@H]1SC[C@@H]2NC(=O)N[C@@H]21. The van der Waals surface area contributed by atoms with Gasteiger partial charge in [0, 0.05) is 17.4 Å². The molecule has 0 saturated carbocycles. The van der Waals surface area contributed by atoms with E-state index in [1.54, 1.807) is 0 Å². The van der Waals surface area contributed by atoms with Crippen molar-refractivity contribution in [1.82, 2.24) is 10.6 Å². The molecule has 2 rings (SSSR count). The Kier molecular flexibility index (Phi) is 7.98. The van der Waals surface area contributed by atoms with E-state index in [9.17, 15) is 14.4 Å². The highest BCUT2D eigenvalue weighted by Gasteiger charge is 2.42. The summed E-state index contributed by atoms with van der Waals surface area (Å²) in [5, 5.41) is 6.22. The first-order chi connectivity index (χ1) is 12.0. The van der Waals surface area contributed by atoms with E-state index in [1.165, 1.54) is 0 Å². The molecule has 2 saturated heterocycles. The first-order valence-electron chi connectivity index (χ1n) is 8.90. The fourth-order valence-corrected chi connectivity index (χ4v) is 4.67. The second-order valence-corrected chi connectivity index (χ2v) is 7.82. The third-order valence-corrected chi connectivity index (χ3v) is 6.05. The predicted octanol–water partition coefficient (Wildman–Crippen LogP) is 0.238. The number of hydrogen-bond acceptors (Lipinski definition) is 7. The van der Waals surface area contributed by atoms with Gasteiger partial charge in [-0.3, -0.25) is 4.79 Å². The summed E-state index contributed by atoms with van der Waals surface area (Å²) in [6.45, 7) is 0.557. The zero-order chi connectivity index (χ0) is 18.2. The van der Waals surface area contributed by atoms with E-state index in [0.717, 1.165) is 31.4 Å². The van der Waals surface area contributed by atoms with Crippen LogP contribution in [0.4, 0.5) is 4.79 Å². The van der Waals surface area contributed by atoms with Gasteiger partial charge in [0.1, 0.15) is 6.04 Å². The fourth-order valence-electron chi connectivity index (χ4n) is 3.12. The third-order valence-electron chi connectivity index (χ3n) is 4.54. The molecule has 2 fully saturated rings. The highest BCUT2D eigenvalue weighted by Crippen LogP contribution is 2.33. The summed E-state index contributed by atoms with van der Waals surface area (Å²) in [7, 11) is 0. The molecule has 0 spiro atoms. The number of fused-ring (bicyclic) bond motifs is 1. The van der Waals surface area contributed by atoms with E-state index in [4.69, 9.17) is 16.2 Å². The van der Waals surface area contributed by atoms with Gasteiger partial charge >= 0.3 is 18.0 Å². The van der Waals surface area contributed by atoms with Crippen molar-refractivity contribution in [3.05, 3.63) is 0 Å². The number of ether oxygens (including phenoxy) is 1. The van der Waals surface area contributed by atoms with Crippen LogP contribution in [0.3, 0.4) is 0 Å². The number of esters is 2. The van der Waals surface area contributed by atoms with Gasteiger partial charge in [-0.25, -0.2) is 9.59 Å². The Hall–Kier alpha value is -1.32. The Labute approximate surface area is 152 Å². The molecule has 0 unspecified atom stereocenters. The molecule has 9 heteroatoms. The van der Waals surface area contributed by atoms with Crippen molar-refractivity contribution < 1.29 is 19.1 Å². The minimum absolute atomic E-state index is 0.0924. The summed E-state index contributed by atoms with van der Waals surface area (Å²) < 4.78 is 4.79. The number of nitrogens with one attached hydrogen (secondary N) is 2. The molecule has 2 aliphatic heterocycles. The zero-order valence-corrected chi connectivity index (χ0v) is 15.2. The van der Waals surface area contributed by atoms with Crippen molar-refractivity contribution in [3.63, 3.8) is 0 Å². The zero-order valence-electron chi connectivity index (χ0n) is 14.4. The molecule has 8 nitrogen and oxygen atoms in total. The monoisotopic (exact) mass is 372 g/mol. The summed E-state index contributed by atoms with van der Waals surface area (Å²) in [4.78, 5) is 34.7. The summed E-state index contributed by atoms with van der Waals surface area (Å²) in [6.07, 6.45) is 4.65. The number of urea groups is 1. The van der Waals surface area contributed by atoms with Crippen LogP contribution < -0.4 is 22.1 Å². The lowest BCUT2D eigenvalue weighted by molar-refractivity contribution is -0.160. The van der Waals surface area contributed by atoms with Crippen molar-refractivity contribution in [2.75, 3.05) is 12.3 Å². The first kappa shape index (κ1) is 20.0. The van der Waals surface area contributed by atoms with Crippen LogP contribution in [0.25, 0.3) is 0 Å². The Morgan fingerprint density at radius 3 is 2.80 bits per heavy atom. The highest BCUT2D eigenvalue weighted by molar-refractivity contribution is 8.00. The number of thioether (sulfide) groups is 1. The van der Waals surface area contributed by atoms with Gasteiger partial charge in [0.15, 0.2) is 0 Å². The maximum Gasteiger partial charge on any atom is 0.330 e. The molecule has 2 aliphatic rings. The van der Waals surface area contributed by atoms with Gasteiger partial charge in [0.2, 0.25) is 0 Å². The van der Waals surface area contributed by atoms with E-state index in [1.807, 2.05) is 11.8 Å². The Morgan fingerprint density at radius 1 is 1.24 bits per heavy atom. The largest absolute Gasteiger partial charge is 0.392 e. The van der Waals surface area contributed by atoms with Crippen molar-refractivity contribution in [3.8, 4) is 0 Å². The van der Waals surface area contributed by atoms with Crippen LogP contribution in [0.1, 0.15) is 44.9 Å². The smallest absolute Gasteiger partial charge is 0.330 e. The molecular formula is C16H28N4O4S. The molecule has 4 atom stereocenters. The van der Waals surface area contributed by atoms with Crippen molar-refractivity contribution >= 4 is 29.7 Å². The van der Waals surface area contributed by atoms with Crippen LogP contribution in [-0.2, 0) is 14.3 Å². The number of carbonyl (C=O) groups is 3. The lowest BCUT2D eigenvalue weighted by Crippen LogP contribution is -2.36. The number of carbonyl (C=O) groups excluding carboxylic acids is 3. The van der Waals surface area contributed by atoms with Crippen LogP contribution in [-0.4, -0.2) is 53.6 Å².